The number of aromatic hydroxyl groups is 1. The van der Waals surface area contributed by atoms with Crippen molar-refractivity contribution < 1.29 is 9.84 Å². The Morgan fingerprint density at radius 3 is 1.66 bits per heavy atom. The minimum atomic E-state index is 0.201. The molecule has 2 aromatic carbocycles. The number of phenols is 1. The second-order valence-corrected chi connectivity index (χ2v) is 15.4. The lowest BCUT2D eigenvalue weighted by molar-refractivity contribution is 0.415. The molecule has 4 heterocycles. The quantitative estimate of drug-likeness (QED) is 0.142. The van der Waals surface area contributed by atoms with Crippen molar-refractivity contribution in [1.82, 2.24) is 19.9 Å². The Bertz CT molecular complexity index is 1790. The highest BCUT2D eigenvalue weighted by Crippen LogP contribution is 2.29. The second-order valence-electron chi connectivity index (χ2n) is 8.27. The van der Waals surface area contributed by atoms with E-state index in [1.807, 2.05) is 66.7 Å². The molecule has 41 heavy (non-hydrogen) atoms. The minimum absolute atomic E-state index is 0.201. The van der Waals surface area contributed by atoms with Gasteiger partial charge in [0.25, 0.3) is 0 Å². The van der Waals surface area contributed by atoms with Crippen molar-refractivity contribution in [2.75, 3.05) is 7.11 Å². The minimum Gasteiger partial charge on any atom is -0.508 e. The van der Waals surface area contributed by atoms with Gasteiger partial charge in [-0.3, -0.25) is 9.97 Å². The maximum atomic E-state index is 9.48. The van der Waals surface area contributed by atoms with Crippen LogP contribution in [0.3, 0.4) is 0 Å². The van der Waals surface area contributed by atoms with Gasteiger partial charge in [0.15, 0.2) is 0 Å². The highest BCUT2D eigenvalue weighted by atomic mass is 79.9. The first-order chi connectivity index (χ1) is 19.7. The van der Waals surface area contributed by atoms with Gasteiger partial charge in [0.05, 0.1) is 29.5 Å². The Labute approximate surface area is 272 Å². The molecule has 0 saturated carbocycles. The van der Waals surface area contributed by atoms with Crippen LogP contribution in [0.2, 0.25) is 10.3 Å². The number of aromatic nitrogens is 4. The van der Waals surface area contributed by atoms with E-state index in [1.165, 1.54) is 0 Å². The van der Waals surface area contributed by atoms with Gasteiger partial charge >= 0.3 is 3.18 Å². The first kappa shape index (κ1) is 31.2. The molecule has 6 rings (SSSR count). The van der Waals surface area contributed by atoms with Gasteiger partial charge in [-0.05, 0) is 60.7 Å². The van der Waals surface area contributed by atoms with Crippen LogP contribution in [0.5, 0.6) is 11.5 Å². The molecule has 0 aliphatic carbocycles. The molecule has 6 aromatic rings. The van der Waals surface area contributed by atoms with Gasteiger partial charge in [0.1, 0.15) is 21.8 Å². The molecule has 12 heteroatoms. The van der Waals surface area contributed by atoms with E-state index in [1.54, 1.807) is 37.7 Å². The summed E-state index contributed by atoms with van der Waals surface area (Å²) in [5.41, 5.74) is 4.87. The van der Waals surface area contributed by atoms with Crippen molar-refractivity contribution in [1.29, 1.82) is 0 Å². The summed E-state index contributed by atoms with van der Waals surface area (Å²) >= 11 is 21.7. The number of nitrogens with zero attached hydrogens (tertiary/aromatic N) is 4. The number of pyridine rings is 4. The van der Waals surface area contributed by atoms with Gasteiger partial charge in [-0.2, -0.15) is 0 Å². The third kappa shape index (κ3) is 8.62. The Morgan fingerprint density at radius 2 is 1.17 bits per heavy atom. The fourth-order valence-corrected chi connectivity index (χ4v) is 4.31. The molecular formula is C29H20BBr3Cl2N4O2. The first-order valence-electron chi connectivity index (χ1n) is 11.9. The molecule has 0 aliphatic rings. The van der Waals surface area contributed by atoms with Crippen molar-refractivity contribution in [2.24, 2.45) is 0 Å². The summed E-state index contributed by atoms with van der Waals surface area (Å²) in [7, 11) is 1.64. The normalized spacial score (nSPS) is 10.3. The highest BCUT2D eigenvalue weighted by Gasteiger charge is 2.08. The summed E-state index contributed by atoms with van der Waals surface area (Å²) < 4.78 is 5.49. The van der Waals surface area contributed by atoms with E-state index >= 15 is 0 Å². The molecule has 6 nitrogen and oxygen atoms in total. The molecule has 0 amide bonds. The van der Waals surface area contributed by atoms with Crippen LogP contribution in [0.25, 0.3) is 44.3 Å². The van der Waals surface area contributed by atoms with Crippen molar-refractivity contribution in [2.45, 2.75) is 0 Å². The standard InChI is InChI=1S/C15H11ClN2O.C14H9ClN2O.BBr3/c1-19-11-5-2-4-10(8-11)13-9-14-12(15(16)18-13)6-3-7-17-14;15-14-11-5-2-6-16-13(11)8-12(17-14)9-3-1-4-10(18)7-9;2-1(3)4/h2-9H,1H3;1-8,18H;. The van der Waals surface area contributed by atoms with Gasteiger partial charge < -0.3 is 9.84 Å². The molecule has 4 aromatic heterocycles. The van der Waals surface area contributed by atoms with Gasteiger partial charge in [-0.25, -0.2) is 9.97 Å². The lowest BCUT2D eigenvalue weighted by Gasteiger charge is -2.06. The summed E-state index contributed by atoms with van der Waals surface area (Å²) in [5.74, 6) is 0.989. The Morgan fingerprint density at radius 1 is 0.683 bits per heavy atom. The van der Waals surface area contributed by atoms with E-state index in [2.05, 4.69) is 67.2 Å². The van der Waals surface area contributed by atoms with Crippen LogP contribution in [0.15, 0.2) is 97.3 Å². The first-order valence-corrected chi connectivity index (χ1v) is 15.4. The monoisotopic (exact) mass is 774 g/mol. The zero-order chi connectivity index (χ0) is 29.4. The van der Waals surface area contributed by atoms with Crippen molar-refractivity contribution in [3.8, 4) is 34.0 Å². The van der Waals surface area contributed by atoms with Crippen LogP contribution >= 0.6 is 70.5 Å². The van der Waals surface area contributed by atoms with E-state index in [0.717, 1.165) is 44.4 Å². The van der Waals surface area contributed by atoms with Gasteiger partial charge in [-0.1, -0.05) is 47.5 Å². The number of fused-ring (bicyclic) bond motifs is 2. The molecule has 0 unspecified atom stereocenters. The molecule has 0 bridgehead atoms. The predicted octanol–water partition coefficient (Wildman–Crippen LogP) is 9.77. The van der Waals surface area contributed by atoms with Crippen LogP contribution in [0.4, 0.5) is 0 Å². The summed E-state index contributed by atoms with van der Waals surface area (Å²) in [6.45, 7) is 0. The number of halogens is 5. The fraction of sp³-hybridized carbons (Fsp3) is 0.0345. The van der Waals surface area contributed by atoms with Gasteiger partial charge in [0, 0.05) is 34.3 Å². The van der Waals surface area contributed by atoms with Crippen LogP contribution in [0, 0.1) is 0 Å². The molecule has 0 saturated heterocycles. The number of ether oxygens (including phenoxy) is 1. The summed E-state index contributed by atoms with van der Waals surface area (Å²) in [5, 5.41) is 12.0. The number of benzene rings is 2. The van der Waals surface area contributed by atoms with E-state index in [-0.39, 0.29) is 8.93 Å². The van der Waals surface area contributed by atoms with Crippen LogP contribution < -0.4 is 4.74 Å². The third-order valence-electron chi connectivity index (χ3n) is 5.61. The van der Waals surface area contributed by atoms with Crippen LogP contribution in [-0.4, -0.2) is 35.3 Å². The average molecular weight is 778 g/mol. The van der Waals surface area contributed by atoms with Crippen molar-refractivity contribution in [3.05, 3.63) is 108 Å². The smallest absolute Gasteiger partial charge is 0.369 e. The number of hydrogen-bond acceptors (Lipinski definition) is 6. The zero-order valence-corrected chi connectivity index (χ0v) is 27.6. The topological polar surface area (TPSA) is 81.0 Å². The predicted molar refractivity (Wildman–Crippen MR) is 181 cm³/mol. The SMILES string of the molecule is BrB(Br)Br.COc1cccc(-c2cc3ncccc3c(Cl)n2)c1.Oc1cccc(-c2cc3ncccc3c(Cl)n2)c1. The van der Waals surface area contributed by atoms with E-state index in [0.29, 0.717) is 16.0 Å². The lowest BCUT2D eigenvalue weighted by Crippen LogP contribution is -1.89. The lowest BCUT2D eigenvalue weighted by atomic mass is 10.1. The molecule has 1 N–H and O–H groups in total. The molecule has 0 fully saturated rings. The fourth-order valence-electron chi connectivity index (χ4n) is 3.81. The Kier molecular flexibility index (Phi) is 11.4. The van der Waals surface area contributed by atoms with Crippen molar-refractivity contribution >= 4 is 95.5 Å². The van der Waals surface area contributed by atoms with Gasteiger partial charge in [0.2, 0.25) is 0 Å². The largest absolute Gasteiger partial charge is 0.508 e. The second kappa shape index (κ2) is 14.9. The van der Waals surface area contributed by atoms with E-state index in [4.69, 9.17) is 27.9 Å². The van der Waals surface area contributed by atoms with Gasteiger partial charge in [-0.15, -0.1) is 47.3 Å². The molecular weight excluding hydrogens is 758 g/mol. The number of hydrogen-bond donors (Lipinski definition) is 1. The average Bonchev–Trinajstić information content (AvgIpc) is 2.97. The Balaban J connectivity index is 0.000000168. The molecule has 0 spiro atoms. The van der Waals surface area contributed by atoms with E-state index in [9.17, 15) is 5.11 Å². The zero-order valence-electron chi connectivity index (χ0n) is 21.3. The highest BCUT2D eigenvalue weighted by molar-refractivity contribution is 9.69. The van der Waals surface area contributed by atoms with Crippen molar-refractivity contribution in [3.63, 3.8) is 0 Å². The summed E-state index contributed by atoms with van der Waals surface area (Å²) in [6, 6.07) is 25.8. The van der Waals surface area contributed by atoms with Crippen LogP contribution in [0.1, 0.15) is 0 Å². The number of rotatable bonds is 3. The van der Waals surface area contributed by atoms with E-state index < -0.39 is 0 Å². The summed E-state index contributed by atoms with van der Waals surface area (Å²) in [6.07, 6.45) is 3.46. The van der Waals surface area contributed by atoms with Crippen LogP contribution in [-0.2, 0) is 0 Å². The molecule has 0 radical (unpaired) electrons. The molecule has 0 aliphatic heterocycles. The maximum Gasteiger partial charge on any atom is 0.369 e. The molecule has 0 atom stereocenters. The third-order valence-corrected chi connectivity index (χ3v) is 6.19. The maximum absolute atomic E-state index is 9.48. The number of phenolic OH excluding ortho intramolecular Hbond substituents is 1. The Hall–Kier alpha value is -2.76. The molecule has 206 valence electrons. The number of methoxy groups -OCH3 is 1. The summed E-state index contributed by atoms with van der Waals surface area (Å²) in [4.78, 5) is 17.3.